The van der Waals surface area contributed by atoms with Crippen LogP contribution in [-0.2, 0) is 9.53 Å². The lowest BCUT2D eigenvalue weighted by Crippen LogP contribution is -2.12. The van der Waals surface area contributed by atoms with Gasteiger partial charge in [0, 0.05) is 0 Å². The number of hydrogen-bond acceptors (Lipinski definition) is 2. The Morgan fingerprint density at radius 2 is 1.00 bits per heavy atom. The number of carbonyl (C=O) groups excluding carboxylic acids is 1. The Bertz CT molecular complexity index is 271. The molecular weight excluding hydrogens is 296 g/mol. The van der Waals surface area contributed by atoms with Crippen LogP contribution in [0.25, 0.3) is 0 Å². The van der Waals surface area contributed by atoms with E-state index in [1.807, 2.05) is 13.8 Å². The van der Waals surface area contributed by atoms with Crippen LogP contribution in [0.3, 0.4) is 0 Å². The summed E-state index contributed by atoms with van der Waals surface area (Å²) in [7, 11) is 0. The molecule has 0 aromatic heterocycles. The van der Waals surface area contributed by atoms with Gasteiger partial charge in [-0.25, -0.2) is 0 Å². The highest BCUT2D eigenvalue weighted by Crippen LogP contribution is 2.14. The second-order valence-electron chi connectivity index (χ2n) is 8.10. The van der Waals surface area contributed by atoms with E-state index in [0.29, 0.717) is 6.61 Å². The molecule has 0 rings (SSSR count). The minimum atomic E-state index is -0.0603. The molecule has 2 heteroatoms. The summed E-state index contributed by atoms with van der Waals surface area (Å²) >= 11 is 0. The average Bonchev–Trinajstić information content (AvgIpc) is 2.53. The lowest BCUT2D eigenvalue weighted by Gasteiger charge is -2.07. The molecule has 24 heavy (non-hydrogen) atoms. The van der Waals surface area contributed by atoms with E-state index in [1.165, 1.54) is 83.5 Å². The fraction of sp³-hybridized carbons (Fsp3) is 0.955. The third kappa shape index (κ3) is 17.8. The maximum Gasteiger partial charge on any atom is 0.308 e. The van der Waals surface area contributed by atoms with Crippen LogP contribution < -0.4 is 0 Å². The van der Waals surface area contributed by atoms with E-state index in [2.05, 4.69) is 13.8 Å². The molecular formula is C22H44O2. The van der Waals surface area contributed by atoms with Crippen molar-refractivity contribution >= 4 is 5.97 Å². The van der Waals surface area contributed by atoms with E-state index < -0.39 is 0 Å². The Kier molecular flexibility index (Phi) is 16.9. The van der Waals surface area contributed by atoms with Gasteiger partial charge in [0.25, 0.3) is 0 Å². The number of hydrogen-bond donors (Lipinski definition) is 0. The lowest BCUT2D eigenvalue weighted by molar-refractivity contribution is -0.147. The number of esters is 1. The highest BCUT2D eigenvalue weighted by molar-refractivity contribution is 5.71. The van der Waals surface area contributed by atoms with E-state index in [1.54, 1.807) is 0 Å². The molecule has 0 spiro atoms. The topological polar surface area (TPSA) is 26.3 Å². The summed E-state index contributed by atoms with van der Waals surface area (Å²) in [5, 5.41) is 0. The summed E-state index contributed by atoms with van der Waals surface area (Å²) in [6.07, 6.45) is 19.0. The van der Waals surface area contributed by atoms with E-state index in [0.717, 1.165) is 12.3 Å². The standard InChI is InChI=1S/C22H44O2/c1-20(2)18-16-14-12-10-8-6-5-7-9-11-13-15-17-19-24-22(23)21(3)4/h20-21H,5-19H2,1-4H3. The minimum absolute atomic E-state index is 0.00467. The second-order valence-corrected chi connectivity index (χ2v) is 8.10. The van der Waals surface area contributed by atoms with Gasteiger partial charge in [-0.3, -0.25) is 4.79 Å². The van der Waals surface area contributed by atoms with Crippen molar-refractivity contribution in [2.24, 2.45) is 11.8 Å². The van der Waals surface area contributed by atoms with Gasteiger partial charge in [0.05, 0.1) is 12.5 Å². The first-order chi connectivity index (χ1) is 11.5. The number of rotatable bonds is 17. The molecule has 0 heterocycles. The predicted molar refractivity (Wildman–Crippen MR) is 105 cm³/mol. The lowest BCUT2D eigenvalue weighted by atomic mass is 10.0. The first kappa shape index (κ1) is 23.5. The zero-order valence-electron chi connectivity index (χ0n) is 17.1. The Morgan fingerprint density at radius 3 is 1.38 bits per heavy atom. The van der Waals surface area contributed by atoms with Gasteiger partial charge in [-0.2, -0.15) is 0 Å². The molecule has 0 radical (unpaired) electrons. The van der Waals surface area contributed by atoms with Gasteiger partial charge in [0.2, 0.25) is 0 Å². The zero-order chi connectivity index (χ0) is 18.0. The first-order valence-electron chi connectivity index (χ1n) is 10.7. The molecule has 2 nitrogen and oxygen atoms in total. The fourth-order valence-electron chi connectivity index (χ4n) is 2.94. The van der Waals surface area contributed by atoms with Crippen LogP contribution >= 0.6 is 0 Å². The van der Waals surface area contributed by atoms with Gasteiger partial charge < -0.3 is 4.74 Å². The van der Waals surface area contributed by atoms with Crippen LogP contribution in [0.5, 0.6) is 0 Å². The molecule has 0 fully saturated rings. The molecule has 0 aromatic carbocycles. The average molecular weight is 341 g/mol. The summed E-state index contributed by atoms with van der Waals surface area (Å²) in [4.78, 5) is 11.3. The largest absolute Gasteiger partial charge is 0.465 e. The van der Waals surface area contributed by atoms with Gasteiger partial charge in [0.1, 0.15) is 0 Å². The maximum atomic E-state index is 11.3. The fourth-order valence-corrected chi connectivity index (χ4v) is 2.94. The Labute approximate surface area is 152 Å². The maximum absolute atomic E-state index is 11.3. The van der Waals surface area contributed by atoms with Crippen LogP contribution in [-0.4, -0.2) is 12.6 Å². The monoisotopic (exact) mass is 340 g/mol. The summed E-state index contributed by atoms with van der Waals surface area (Å²) in [6, 6.07) is 0. The SMILES string of the molecule is CC(C)CCCCCCCCCCCCCCCOC(=O)C(C)C. The molecule has 0 N–H and O–H groups in total. The van der Waals surface area contributed by atoms with Crippen molar-refractivity contribution in [2.45, 2.75) is 118 Å². The Morgan fingerprint density at radius 1 is 0.625 bits per heavy atom. The van der Waals surface area contributed by atoms with Crippen molar-refractivity contribution in [3.8, 4) is 0 Å². The predicted octanol–water partition coefficient (Wildman–Crippen LogP) is 7.30. The molecule has 0 aliphatic heterocycles. The van der Waals surface area contributed by atoms with Crippen molar-refractivity contribution in [1.29, 1.82) is 0 Å². The molecule has 0 atom stereocenters. The van der Waals surface area contributed by atoms with Gasteiger partial charge in [-0.15, -0.1) is 0 Å². The van der Waals surface area contributed by atoms with Crippen molar-refractivity contribution in [3.05, 3.63) is 0 Å². The van der Waals surface area contributed by atoms with Crippen molar-refractivity contribution in [2.75, 3.05) is 6.61 Å². The summed E-state index contributed by atoms with van der Waals surface area (Å²) in [5.41, 5.74) is 0. The molecule has 0 saturated heterocycles. The van der Waals surface area contributed by atoms with E-state index >= 15 is 0 Å². The highest BCUT2D eigenvalue weighted by atomic mass is 16.5. The molecule has 0 unspecified atom stereocenters. The third-order valence-corrected chi connectivity index (χ3v) is 4.64. The minimum Gasteiger partial charge on any atom is -0.465 e. The number of ether oxygens (including phenoxy) is 1. The smallest absolute Gasteiger partial charge is 0.308 e. The normalized spacial score (nSPS) is 11.4. The quantitative estimate of drug-likeness (QED) is 0.205. The van der Waals surface area contributed by atoms with E-state index in [-0.39, 0.29) is 11.9 Å². The van der Waals surface area contributed by atoms with Gasteiger partial charge in [-0.1, -0.05) is 111 Å². The molecule has 0 aliphatic rings. The van der Waals surface area contributed by atoms with Gasteiger partial charge in [0.15, 0.2) is 0 Å². The third-order valence-electron chi connectivity index (χ3n) is 4.64. The first-order valence-corrected chi connectivity index (χ1v) is 10.7. The van der Waals surface area contributed by atoms with Crippen molar-refractivity contribution in [3.63, 3.8) is 0 Å². The van der Waals surface area contributed by atoms with Gasteiger partial charge >= 0.3 is 5.97 Å². The van der Waals surface area contributed by atoms with Crippen LogP contribution in [0.2, 0.25) is 0 Å². The molecule has 0 aromatic rings. The summed E-state index contributed by atoms with van der Waals surface area (Å²) in [6.45, 7) is 9.02. The molecule has 0 amide bonds. The van der Waals surface area contributed by atoms with Gasteiger partial charge in [-0.05, 0) is 12.3 Å². The number of unbranched alkanes of at least 4 members (excludes halogenated alkanes) is 12. The Hall–Kier alpha value is -0.530. The van der Waals surface area contributed by atoms with Crippen LogP contribution in [0.4, 0.5) is 0 Å². The summed E-state index contributed by atoms with van der Waals surface area (Å²) < 4.78 is 5.18. The van der Waals surface area contributed by atoms with E-state index in [4.69, 9.17) is 4.74 Å². The van der Waals surface area contributed by atoms with Crippen LogP contribution in [0.15, 0.2) is 0 Å². The zero-order valence-corrected chi connectivity index (χ0v) is 17.1. The molecule has 0 saturated carbocycles. The molecule has 0 aliphatic carbocycles. The molecule has 0 bridgehead atoms. The van der Waals surface area contributed by atoms with Crippen molar-refractivity contribution in [1.82, 2.24) is 0 Å². The van der Waals surface area contributed by atoms with Crippen LogP contribution in [0.1, 0.15) is 118 Å². The highest BCUT2D eigenvalue weighted by Gasteiger charge is 2.06. The van der Waals surface area contributed by atoms with E-state index in [9.17, 15) is 4.79 Å². The van der Waals surface area contributed by atoms with Crippen LogP contribution in [0, 0.1) is 11.8 Å². The van der Waals surface area contributed by atoms with Crippen molar-refractivity contribution < 1.29 is 9.53 Å². The molecule has 144 valence electrons. The Balaban J connectivity index is 3.06. The summed E-state index contributed by atoms with van der Waals surface area (Å²) in [5.74, 6) is 0.819. The number of carbonyl (C=O) groups is 1. The second kappa shape index (κ2) is 17.3.